The predicted octanol–water partition coefficient (Wildman–Crippen LogP) is 16.9. The number of hydrogen-bond donors (Lipinski definition) is 0. The van der Waals surface area contributed by atoms with Crippen molar-refractivity contribution in [2.75, 3.05) is 0 Å². The fraction of sp³-hybridized carbons (Fsp3) is 0.305. The Morgan fingerprint density at radius 1 is 0.532 bits per heavy atom. The fourth-order valence-electron chi connectivity index (χ4n) is 9.66. The van der Waals surface area contributed by atoms with Gasteiger partial charge in [-0.2, -0.15) is 0 Å². The van der Waals surface area contributed by atoms with Gasteiger partial charge in [0, 0.05) is 0 Å². The van der Waals surface area contributed by atoms with Crippen LogP contribution in [0.25, 0.3) is 33.4 Å². The molecule has 0 radical (unpaired) electrons. The van der Waals surface area contributed by atoms with Crippen LogP contribution in [0.1, 0.15) is 136 Å². The molecule has 0 saturated carbocycles. The van der Waals surface area contributed by atoms with Crippen molar-refractivity contribution in [3.05, 3.63) is 199 Å². The number of halogens is 2. The van der Waals surface area contributed by atoms with Crippen LogP contribution in [0.2, 0.25) is 0 Å². The van der Waals surface area contributed by atoms with Crippen molar-refractivity contribution >= 4 is 28.0 Å². The average Bonchev–Trinajstić information content (AvgIpc) is 3.90. The monoisotopic (exact) mass is 934 g/mol. The standard InChI is InChI=1S/C33H33.C21H26.C5H5.2ClH.Zr/c1-32(2,3)30-20-26-24(18-28(30)22-13-9-7-10-14-22)17-25-19-29(23-15-11-8-12-16-23)31(21-27(25)26)33(4,5)6;1-3-5-7-18-9-13-20(14-10-18)17-21-15-11-19(12-16-21)8-6-4-2;1-2-4-5-3-1;;;/h7-21H,1-6H3;9-16H,3-8H2,1-2H3;1-3H,4H2;2*1H;. The van der Waals surface area contributed by atoms with E-state index < -0.39 is 21.3 Å². The van der Waals surface area contributed by atoms with Gasteiger partial charge in [-0.05, 0) is 0 Å². The van der Waals surface area contributed by atoms with E-state index in [-0.39, 0.29) is 35.6 Å². The zero-order valence-electron chi connectivity index (χ0n) is 38.3. The summed E-state index contributed by atoms with van der Waals surface area (Å²) in [6.45, 7) is 19.0. The Balaban J connectivity index is 0.00000321. The maximum atomic E-state index is 2.66. The number of allylic oxidation sites excluding steroid dienone is 4. The molecule has 0 bridgehead atoms. The van der Waals surface area contributed by atoms with E-state index in [9.17, 15) is 0 Å². The molecule has 0 unspecified atom stereocenters. The van der Waals surface area contributed by atoms with E-state index >= 15 is 0 Å². The first kappa shape index (κ1) is 47.6. The topological polar surface area (TPSA) is 0 Å². The van der Waals surface area contributed by atoms with Gasteiger partial charge in [0.05, 0.1) is 0 Å². The summed E-state index contributed by atoms with van der Waals surface area (Å²) in [7, 11) is 0. The van der Waals surface area contributed by atoms with Gasteiger partial charge in [-0.15, -0.1) is 24.8 Å². The van der Waals surface area contributed by atoms with Crippen molar-refractivity contribution in [1.29, 1.82) is 0 Å². The van der Waals surface area contributed by atoms with Crippen LogP contribution in [0.3, 0.4) is 0 Å². The summed E-state index contributed by atoms with van der Waals surface area (Å²) in [6.07, 6.45) is 15.5. The number of unbranched alkanes of at least 4 members (excludes halogenated alkanes) is 2. The van der Waals surface area contributed by atoms with Crippen molar-refractivity contribution in [1.82, 2.24) is 0 Å². The van der Waals surface area contributed by atoms with E-state index in [0.717, 1.165) is 19.3 Å². The molecule has 0 N–H and O–H groups in total. The SMILES string of the molecule is CCCCc1ccc([C](c2ccc(CCCC)cc2)=[Zr]([C]2=CC=CC2)[CH]2c3cc(-c4ccccc4)c(C(C)(C)C)cc3-c3cc(C(C)(C)C)c(-c4ccccc4)cc32)cc1.Cl.Cl. The van der Waals surface area contributed by atoms with E-state index in [4.69, 9.17) is 0 Å². The van der Waals surface area contributed by atoms with Gasteiger partial charge in [0.25, 0.3) is 0 Å². The van der Waals surface area contributed by atoms with Crippen molar-refractivity contribution in [2.45, 2.75) is 115 Å². The first-order chi connectivity index (χ1) is 29.0. The van der Waals surface area contributed by atoms with Gasteiger partial charge in [-0.25, -0.2) is 0 Å². The summed E-state index contributed by atoms with van der Waals surface area (Å²) >= 11 is -3.00. The Hall–Kier alpha value is -3.87. The van der Waals surface area contributed by atoms with Crippen LogP contribution in [0, 0.1) is 0 Å². The molecular weight excluding hydrogens is 871 g/mol. The van der Waals surface area contributed by atoms with Crippen LogP contribution in [0.15, 0.2) is 155 Å². The molecule has 320 valence electrons. The quantitative estimate of drug-likeness (QED) is 0.115. The first-order valence-corrected chi connectivity index (χ1v) is 26.6. The van der Waals surface area contributed by atoms with Gasteiger partial charge in [-0.3, -0.25) is 0 Å². The van der Waals surface area contributed by atoms with E-state index in [2.05, 4.69) is 207 Å². The minimum Gasteiger partial charge on any atom is -0.147 e. The third-order valence-electron chi connectivity index (χ3n) is 12.9. The Kier molecular flexibility index (Phi) is 15.6. The Labute approximate surface area is 394 Å². The molecular formula is C59H66Cl2Zr. The van der Waals surface area contributed by atoms with Crippen LogP contribution in [-0.4, -0.2) is 3.21 Å². The van der Waals surface area contributed by atoms with Gasteiger partial charge in [0.2, 0.25) is 0 Å². The molecule has 2 aliphatic rings. The third kappa shape index (κ3) is 9.92. The largest absolute Gasteiger partial charge is 0.147 e. The second kappa shape index (κ2) is 20.3. The summed E-state index contributed by atoms with van der Waals surface area (Å²) in [5.41, 5.74) is 19.8. The zero-order chi connectivity index (χ0) is 42.0. The molecule has 6 aromatic carbocycles. The van der Waals surface area contributed by atoms with Crippen LogP contribution in [-0.2, 0) is 44.9 Å². The predicted molar refractivity (Wildman–Crippen MR) is 272 cm³/mol. The molecule has 0 amide bonds. The molecule has 0 heterocycles. The van der Waals surface area contributed by atoms with Crippen molar-refractivity contribution in [3.63, 3.8) is 0 Å². The maximum Gasteiger partial charge on any atom is -0.147 e. The number of hydrogen-bond acceptors (Lipinski definition) is 0. The van der Waals surface area contributed by atoms with Gasteiger partial charge in [0.15, 0.2) is 0 Å². The van der Waals surface area contributed by atoms with E-state index in [1.54, 1.807) is 6.49 Å². The Morgan fingerprint density at radius 3 is 1.31 bits per heavy atom. The average molecular weight is 937 g/mol. The number of benzene rings is 6. The van der Waals surface area contributed by atoms with Crippen LogP contribution in [0.4, 0.5) is 0 Å². The summed E-state index contributed by atoms with van der Waals surface area (Å²) in [5.74, 6) is 0. The molecule has 3 heteroatoms. The van der Waals surface area contributed by atoms with Crippen molar-refractivity contribution < 1.29 is 21.3 Å². The van der Waals surface area contributed by atoms with Gasteiger partial charge >= 0.3 is 372 Å². The molecule has 0 fully saturated rings. The molecule has 0 nitrogen and oxygen atoms in total. The summed E-state index contributed by atoms with van der Waals surface area (Å²) in [4.78, 5) is 0. The van der Waals surface area contributed by atoms with Crippen LogP contribution in [0.5, 0.6) is 0 Å². The van der Waals surface area contributed by atoms with E-state index in [1.807, 2.05) is 0 Å². The second-order valence-corrected chi connectivity index (χ2v) is 25.6. The normalized spacial score (nSPS) is 13.2. The maximum absolute atomic E-state index is 3.00. The second-order valence-electron chi connectivity index (χ2n) is 19.3. The van der Waals surface area contributed by atoms with Gasteiger partial charge in [0.1, 0.15) is 0 Å². The van der Waals surface area contributed by atoms with E-state index in [1.165, 1.54) is 104 Å². The molecule has 6 aromatic rings. The van der Waals surface area contributed by atoms with Crippen molar-refractivity contribution in [3.8, 4) is 33.4 Å². The molecule has 0 atom stereocenters. The van der Waals surface area contributed by atoms with Gasteiger partial charge in [-0.1, -0.05) is 0 Å². The molecule has 0 spiro atoms. The Bertz CT molecular complexity index is 2400. The first-order valence-electron chi connectivity index (χ1n) is 22.7. The summed E-state index contributed by atoms with van der Waals surface area (Å²) in [5, 5.41) is 0. The smallest absolute Gasteiger partial charge is 0.147 e. The van der Waals surface area contributed by atoms with Crippen LogP contribution >= 0.6 is 24.8 Å². The minimum absolute atomic E-state index is 0. The summed E-state index contributed by atoms with van der Waals surface area (Å²) in [6, 6.07) is 52.7. The molecule has 2 aliphatic carbocycles. The van der Waals surface area contributed by atoms with Gasteiger partial charge < -0.3 is 0 Å². The molecule has 0 aromatic heterocycles. The number of fused-ring (bicyclic) bond motifs is 3. The summed E-state index contributed by atoms with van der Waals surface area (Å²) < 4.78 is 3.61. The Morgan fingerprint density at radius 2 is 0.952 bits per heavy atom. The number of rotatable bonds is 12. The molecule has 8 rings (SSSR count). The van der Waals surface area contributed by atoms with Crippen molar-refractivity contribution in [2.24, 2.45) is 0 Å². The zero-order valence-corrected chi connectivity index (χ0v) is 42.4. The third-order valence-corrected chi connectivity index (χ3v) is 21.2. The number of aryl methyl sites for hydroxylation is 2. The fourth-order valence-corrected chi connectivity index (χ4v) is 18.6. The van der Waals surface area contributed by atoms with Crippen LogP contribution < -0.4 is 0 Å². The minimum atomic E-state index is -3.00. The molecule has 0 aliphatic heterocycles. The molecule has 62 heavy (non-hydrogen) atoms. The molecule has 0 saturated heterocycles. The van der Waals surface area contributed by atoms with E-state index in [0.29, 0.717) is 3.63 Å².